The molecule has 0 saturated carbocycles. The molecule has 0 aliphatic rings. The molecule has 0 amide bonds. The Kier molecular flexibility index (Phi) is 14.2. The van der Waals surface area contributed by atoms with E-state index in [0.29, 0.717) is 0 Å². The number of benzene rings is 14. The second-order valence-electron chi connectivity index (χ2n) is 21.3. The second-order valence-corrected chi connectivity index (χ2v) is 21.3. The average molecular weight is 1070 g/mol. The Morgan fingerprint density at radius 2 is 0.226 bits per heavy atom. The Morgan fingerprint density at radius 1 is 0.0833 bits per heavy atom. The van der Waals surface area contributed by atoms with Gasteiger partial charge >= 0.3 is 0 Å². The number of hydrogen-bond acceptors (Lipinski definition) is 0. The van der Waals surface area contributed by atoms with Crippen molar-refractivity contribution in [2.75, 3.05) is 0 Å². The number of hydrogen-bond donors (Lipinski definition) is 0. The molecule has 14 aromatic carbocycles. The van der Waals surface area contributed by atoms with Gasteiger partial charge < -0.3 is 0 Å². The maximum atomic E-state index is 2.40. The third-order valence-electron chi connectivity index (χ3n) is 16.3. The lowest BCUT2D eigenvalue weighted by Crippen LogP contribution is -2.07. The topological polar surface area (TPSA) is 0 Å². The zero-order valence-electron chi connectivity index (χ0n) is 46.5. The zero-order chi connectivity index (χ0) is 56.0. The summed E-state index contributed by atoms with van der Waals surface area (Å²) < 4.78 is 0. The highest BCUT2D eigenvalue weighted by Gasteiger charge is 2.36. The summed E-state index contributed by atoms with van der Waals surface area (Å²) in [5.74, 6) is 0. The summed E-state index contributed by atoms with van der Waals surface area (Å²) in [6, 6.07) is 130. The molecule has 0 radical (unpaired) electrons. The van der Waals surface area contributed by atoms with Crippen LogP contribution in [0.15, 0.2) is 352 Å². The minimum Gasteiger partial charge on any atom is -0.0622 e. The quantitative estimate of drug-likeness (QED) is 0.108. The van der Waals surface area contributed by atoms with Crippen molar-refractivity contribution in [2.24, 2.45) is 0 Å². The number of rotatable bonds is 13. The lowest BCUT2D eigenvalue weighted by Gasteiger charge is -2.34. The van der Waals surface area contributed by atoms with Gasteiger partial charge in [0, 0.05) is 0 Å². The minimum absolute atomic E-state index is 1.11. The van der Waals surface area contributed by atoms with E-state index in [0.717, 1.165) is 134 Å². The molecule has 0 fully saturated rings. The molecule has 0 unspecified atom stereocenters. The fraction of sp³-hybridized carbons (Fsp3) is 0. The van der Waals surface area contributed by atoms with Crippen molar-refractivity contribution in [3.63, 3.8) is 0 Å². The molecular weight excluding hydrogens is 1010 g/mol. The molecule has 84 heavy (non-hydrogen) atoms. The molecule has 0 aliphatic carbocycles. The summed E-state index contributed by atoms with van der Waals surface area (Å²) >= 11 is 0. The van der Waals surface area contributed by atoms with Gasteiger partial charge in [-0.2, -0.15) is 0 Å². The molecule has 14 aromatic rings. The summed E-state index contributed by atoms with van der Waals surface area (Å²) in [6.07, 6.45) is 0. The molecule has 14 rings (SSSR count). The first-order valence-corrected chi connectivity index (χ1v) is 29.0. The van der Waals surface area contributed by atoms with Crippen molar-refractivity contribution >= 4 is 0 Å². The van der Waals surface area contributed by atoms with Gasteiger partial charge in [0.2, 0.25) is 0 Å². The van der Waals surface area contributed by atoms with Crippen LogP contribution in [0.25, 0.3) is 145 Å². The van der Waals surface area contributed by atoms with Crippen LogP contribution in [0.5, 0.6) is 0 Å². The van der Waals surface area contributed by atoms with Crippen LogP contribution in [0.1, 0.15) is 0 Å². The van der Waals surface area contributed by atoms with E-state index in [1.807, 2.05) is 0 Å². The van der Waals surface area contributed by atoms with Gasteiger partial charge in [0.05, 0.1) is 0 Å². The average Bonchev–Trinajstić information content (AvgIpc) is 0.912. The minimum atomic E-state index is 1.11. The van der Waals surface area contributed by atoms with E-state index in [-0.39, 0.29) is 0 Å². The van der Waals surface area contributed by atoms with Crippen LogP contribution < -0.4 is 0 Å². The predicted octanol–water partition coefficient (Wildman–Crippen LogP) is 23.4. The van der Waals surface area contributed by atoms with Gasteiger partial charge in [-0.3, -0.25) is 0 Å². The molecule has 0 aromatic heterocycles. The maximum Gasteiger partial charge on any atom is -0.0000713 e. The first kappa shape index (κ1) is 51.2. The molecule has 0 heterocycles. The second kappa shape index (κ2) is 23.3. The largest absolute Gasteiger partial charge is 0.0622 e. The van der Waals surface area contributed by atoms with Crippen LogP contribution in [0.3, 0.4) is 0 Å². The van der Waals surface area contributed by atoms with Crippen molar-refractivity contribution in [1.29, 1.82) is 0 Å². The van der Waals surface area contributed by atoms with E-state index in [1.165, 1.54) is 11.1 Å². The van der Waals surface area contributed by atoms with Crippen LogP contribution >= 0.6 is 0 Å². The molecule has 0 saturated heterocycles. The van der Waals surface area contributed by atoms with E-state index in [1.54, 1.807) is 0 Å². The Balaban J connectivity index is 1.36. The van der Waals surface area contributed by atoms with E-state index in [4.69, 9.17) is 0 Å². The van der Waals surface area contributed by atoms with Gasteiger partial charge in [-0.15, -0.1) is 0 Å². The standard InChI is InChI=1S/C84H58/c1-11-35-59(36-12-1)69-55-31-32-56-70(69)71-57-33-34-58-72(71)82-78(65-47-23-7-24-48-65)74(61-39-15-3-16-40-61)77(64-45-21-6-22-46-64)81(68-53-29-10-30-54-68)84(82)83-79(66-49-25-8-26-50-66)75(62-41-17-4-18-42-62)73(60-37-13-2-14-38-60)76(63-43-19-5-20-44-63)80(83)67-51-27-9-28-52-67/h1-58H. The van der Waals surface area contributed by atoms with Crippen LogP contribution in [-0.4, -0.2) is 0 Å². The summed E-state index contributed by atoms with van der Waals surface area (Å²) in [7, 11) is 0. The van der Waals surface area contributed by atoms with Crippen LogP contribution in [0.4, 0.5) is 0 Å². The first-order chi connectivity index (χ1) is 41.8. The van der Waals surface area contributed by atoms with Gasteiger partial charge in [-0.1, -0.05) is 352 Å². The smallest absolute Gasteiger partial charge is 0.0000713 e. The zero-order valence-corrected chi connectivity index (χ0v) is 46.5. The summed E-state index contributed by atoms with van der Waals surface area (Å²) in [5, 5.41) is 0. The van der Waals surface area contributed by atoms with E-state index in [9.17, 15) is 0 Å². The summed E-state index contributed by atoms with van der Waals surface area (Å²) in [5.41, 5.74) is 29.6. The van der Waals surface area contributed by atoms with Crippen molar-refractivity contribution < 1.29 is 0 Å². The maximum absolute atomic E-state index is 2.40. The highest BCUT2D eigenvalue weighted by molar-refractivity contribution is 6.23. The monoisotopic (exact) mass is 1070 g/mol. The lowest BCUT2D eigenvalue weighted by atomic mass is 9.68. The summed E-state index contributed by atoms with van der Waals surface area (Å²) in [6.45, 7) is 0. The van der Waals surface area contributed by atoms with Gasteiger partial charge in [0.25, 0.3) is 0 Å². The first-order valence-electron chi connectivity index (χ1n) is 29.0. The van der Waals surface area contributed by atoms with E-state index >= 15 is 0 Å². The van der Waals surface area contributed by atoms with Gasteiger partial charge in [-0.05, 0) is 145 Å². The van der Waals surface area contributed by atoms with Crippen LogP contribution in [-0.2, 0) is 0 Å². The Hall–Kier alpha value is -10.9. The Morgan fingerprint density at radius 3 is 0.464 bits per heavy atom. The normalized spacial score (nSPS) is 11.1. The SMILES string of the molecule is c1ccc(-c2ccccc2-c2ccccc2-c2c(-c3ccccc3)c(-c3ccccc3)c(-c3ccccc3)c(-c3ccccc3)c2-c2c(-c3ccccc3)c(-c3ccccc3)c(-c3ccccc3)c(-c3ccccc3)c2-c2ccccc2)cc1. The fourth-order valence-corrected chi connectivity index (χ4v) is 12.8. The van der Waals surface area contributed by atoms with Crippen LogP contribution in [0.2, 0.25) is 0 Å². The predicted molar refractivity (Wildman–Crippen MR) is 357 cm³/mol. The molecular formula is C84H58. The molecule has 0 nitrogen and oxygen atoms in total. The molecule has 394 valence electrons. The third-order valence-corrected chi connectivity index (χ3v) is 16.3. The molecule has 0 heteroatoms. The highest BCUT2D eigenvalue weighted by Crippen LogP contribution is 2.63. The molecule has 0 atom stereocenters. The van der Waals surface area contributed by atoms with Crippen molar-refractivity contribution in [3.8, 4) is 145 Å². The molecule has 0 bridgehead atoms. The van der Waals surface area contributed by atoms with Gasteiger partial charge in [0.1, 0.15) is 0 Å². The lowest BCUT2D eigenvalue weighted by molar-refractivity contribution is 1.49. The Bertz CT molecular complexity index is 4440. The van der Waals surface area contributed by atoms with Crippen molar-refractivity contribution in [3.05, 3.63) is 352 Å². The Labute approximate surface area is 493 Å². The fourth-order valence-electron chi connectivity index (χ4n) is 12.8. The van der Waals surface area contributed by atoms with Crippen molar-refractivity contribution in [2.45, 2.75) is 0 Å². The third kappa shape index (κ3) is 9.56. The molecule has 0 aliphatic heterocycles. The van der Waals surface area contributed by atoms with E-state index < -0.39 is 0 Å². The van der Waals surface area contributed by atoms with Gasteiger partial charge in [-0.25, -0.2) is 0 Å². The summed E-state index contributed by atoms with van der Waals surface area (Å²) in [4.78, 5) is 0. The van der Waals surface area contributed by atoms with Crippen LogP contribution in [0, 0.1) is 0 Å². The van der Waals surface area contributed by atoms with E-state index in [2.05, 4.69) is 352 Å². The highest BCUT2D eigenvalue weighted by atomic mass is 14.4. The molecule has 0 spiro atoms. The van der Waals surface area contributed by atoms with Gasteiger partial charge in [0.15, 0.2) is 0 Å². The van der Waals surface area contributed by atoms with Crippen molar-refractivity contribution in [1.82, 2.24) is 0 Å². The molecule has 0 N–H and O–H groups in total.